The van der Waals surface area contributed by atoms with Crippen LogP contribution in [0.3, 0.4) is 0 Å². The molecule has 8 heteroatoms. The van der Waals surface area contributed by atoms with Gasteiger partial charge in [0.1, 0.15) is 0 Å². The van der Waals surface area contributed by atoms with E-state index in [0.717, 1.165) is 17.1 Å². The third-order valence-corrected chi connectivity index (χ3v) is 5.84. The summed E-state index contributed by atoms with van der Waals surface area (Å²) in [5, 5.41) is 2.60. The summed E-state index contributed by atoms with van der Waals surface area (Å²) < 4.78 is 26.6. The van der Waals surface area contributed by atoms with Crippen molar-refractivity contribution in [3.05, 3.63) is 29.8 Å². The minimum Gasteiger partial charge on any atom is -0.354 e. The van der Waals surface area contributed by atoms with Gasteiger partial charge in [-0.05, 0) is 31.0 Å². The van der Waals surface area contributed by atoms with E-state index in [-0.39, 0.29) is 36.3 Å². The summed E-state index contributed by atoms with van der Waals surface area (Å²) in [5.74, 6) is -0.490. The van der Waals surface area contributed by atoms with E-state index in [1.165, 1.54) is 12.1 Å². The van der Waals surface area contributed by atoms with Crippen molar-refractivity contribution < 1.29 is 18.0 Å². The maximum atomic E-state index is 12.7. The van der Waals surface area contributed by atoms with Gasteiger partial charge in [0.05, 0.1) is 11.4 Å². The SMILES string of the molecule is CCCN(CCC)C(=O)c1cccc(S(=O)(=O)N2CCNC(=O)C2)c1. The molecule has 1 aromatic rings. The molecule has 1 fully saturated rings. The van der Waals surface area contributed by atoms with Gasteiger partial charge in [-0.25, -0.2) is 8.42 Å². The van der Waals surface area contributed by atoms with E-state index < -0.39 is 10.0 Å². The largest absolute Gasteiger partial charge is 0.354 e. The molecule has 1 aliphatic heterocycles. The minimum atomic E-state index is -3.80. The first-order chi connectivity index (χ1) is 11.9. The lowest BCUT2D eigenvalue weighted by Gasteiger charge is -2.26. The van der Waals surface area contributed by atoms with Crippen LogP contribution in [0.25, 0.3) is 0 Å². The zero-order valence-corrected chi connectivity index (χ0v) is 15.5. The lowest BCUT2D eigenvalue weighted by atomic mass is 10.2. The van der Waals surface area contributed by atoms with Crippen LogP contribution >= 0.6 is 0 Å². The smallest absolute Gasteiger partial charge is 0.253 e. The molecule has 0 atom stereocenters. The van der Waals surface area contributed by atoms with Crippen molar-refractivity contribution in [2.24, 2.45) is 0 Å². The molecule has 2 rings (SSSR count). The third kappa shape index (κ3) is 4.58. The first-order valence-corrected chi connectivity index (χ1v) is 10.00. The summed E-state index contributed by atoms with van der Waals surface area (Å²) in [6.07, 6.45) is 1.68. The van der Waals surface area contributed by atoms with Gasteiger partial charge >= 0.3 is 0 Å². The molecule has 1 aromatic carbocycles. The monoisotopic (exact) mass is 367 g/mol. The molecule has 7 nitrogen and oxygen atoms in total. The van der Waals surface area contributed by atoms with Crippen LogP contribution in [0.4, 0.5) is 0 Å². The summed E-state index contributed by atoms with van der Waals surface area (Å²) >= 11 is 0. The summed E-state index contributed by atoms with van der Waals surface area (Å²) in [6.45, 7) is 5.59. The van der Waals surface area contributed by atoms with Crippen molar-refractivity contribution in [2.75, 3.05) is 32.7 Å². The zero-order chi connectivity index (χ0) is 18.4. The Kier molecular flexibility index (Phi) is 6.55. The topological polar surface area (TPSA) is 86.8 Å². The van der Waals surface area contributed by atoms with Gasteiger partial charge < -0.3 is 10.2 Å². The van der Waals surface area contributed by atoms with Gasteiger partial charge in [0.15, 0.2) is 0 Å². The Morgan fingerprint density at radius 3 is 2.52 bits per heavy atom. The highest BCUT2D eigenvalue weighted by atomic mass is 32.2. The molecule has 0 radical (unpaired) electrons. The highest BCUT2D eigenvalue weighted by molar-refractivity contribution is 7.89. The Bertz CT molecular complexity index is 727. The molecule has 0 aliphatic carbocycles. The standard InChI is InChI=1S/C17H25N3O4S/c1-3-9-19(10-4-2)17(22)14-6-5-7-15(12-14)25(23,24)20-11-8-18-16(21)13-20/h5-7,12H,3-4,8-11,13H2,1-2H3,(H,18,21). The van der Waals surface area contributed by atoms with Gasteiger partial charge in [-0.1, -0.05) is 19.9 Å². The molecule has 1 N–H and O–H groups in total. The minimum absolute atomic E-state index is 0.0426. The molecule has 0 spiro atoms. The molecule has 0 saturated carbocycles. The van der Waals surface area contributed by atoms with Crippen LogP contribution in [0.2, 0.25) is 0 Å². The molecule has 2 amide bonds. The van der Waals surface area contributed by atoms with Crippen LogP contribution in [0.1, 0.15) is 37.0 Å². The van der Waals surface area contributed by atoms with E-state index in [4.69, 9.17) is 0 Å². The Labute approximate surface area is 149 Å². The first-order valence-electron chi connectivity index (χ1n) is 8.56. The number of nitrogens with zero attached hydrogens (tertiary/aromatic N) is 2. The predicted octanol–water partition coefficient (Wildman–Crippen LogP) is 1.07. The van der Waals surface area contributed by atoms with Crippen LogP contribution in [0, 0.1) is 0 Å². The molecule has 1 aliphatic rings. The van der Waals surface area contributed by atoms with Crippen molar-refractivity contribution >= 4 is 21.8 Å². The molecular formula is C17H25N3O4S. The molecule has 0 bridgehead atoms. The van der Waals surface area contributed by atoms with Gasteiger partial charge in [-0.3, -0.25) is 9.59 Å². The fourth-order valence-electron chi connectivity index (χ4n) is 2.80. The van der Waals surface area contributed by atoms with Crippen molar-refractivity contribution in [3.8, 4) is 0 Å². The Morgan fingerprint density at radius 1 is 1.24 bits per heavy atom. The number of hydrogen-bond acceptors (Lipinski definition) is 4. The third-order valence-electron chi connectivity index (χ3n) is 4.00. The molecule has 0 aromatic heterocycles. The van der Waals surface area contributed by atoms with Gasteiger partial charge in [-0.15, -0.1) is 0 Å². The Balaban J connectivity index is 2.28. The van der Waals surface area contributed by atoms with Gasteiger partial charge in [0.25, 0.3) is 5.91 Å². The highest BCUT2D eigenvalue weighted by Crippen LogP contribution is 2.19. The number of amides is 2. The van der Waals surface area contributed by atoms with E-state index in [2.05, 4.69) is 5.32 Å². The second-order valence-electron chi connectivity index (χ2n) is 6.01. The maximum absolute atomic E-state index is 12.7. The van der Waals surface area contributed by atoms with E-state index in [0.29, 0.717) is 18.7 Å². The molecule has 1 saturated heterocycles. The lowest BCUT2D eigenvalue weighted by molar-refractivity contribution is -0.122. The van der Waals surface area contributed by atoms with Crippen molar-refractivity contribution in [2.45, 2.75) is 31.6 Å². The van der Waals surface area contributed by atoms with Crippen LogP contribution in [0.15, 0.2) is 29.2 Å². The van der Waals surface area contributed by atoms with Crippen molar-refractivity contribution in [1.29, 1.82) is 0 Å². The second-order valence-corrected chi connectivity index (χ2v) is 7.95. The van der Waals surface area contributed by atoms with Gasteiger partial charge in [0, 0.05) is 31.7 Å². The molecule has 25 heavy (non-hydrogen) atoms. The van der Waals surface area contributed by atoms with Gasteiger partial charge in [0.2, 0.25) is 15.9 Å². The number of carbonyl (C=O) groups excluding carboxylic acids is 2. The average Bonchev–Trinajstić information content (AvgIpc) is 2.61. The second kappa shape index (κ2) is 8.44. The molecule has 138 valence electrons. The van der Waals surface area contributed by atoms with E-state index in [1.807, 2.05) is 13.8 Å². The Morgan fingerprint density at radius 2 is 1.92 bits per heavy atom. The zero-order valence-electron chi connectivity index (χ0n) is 14.7. The summed E-state index contributed by atoms with van der Waals surface area (Å²) in [6, 6.07) is 6.06. The quantitative estimate of drug-likeness (QED) is 0.781. The summed E-state index contributed by atoms with van der Waals surface area (Å²) in [5.41, 5.74) is 0.351. The summed E-state index contributed by atoms with van der Waals surface area (Å²) in [4.78, 5) is 25.9. The average molecular weight is 367 g/mol. The number of sulfonamides is 1. The molecule has 0 unspecified atom stereocenters. The predicted molar refractivity (Wildman–Crippen MR) is 94.7 cm³/mol. The highest BCUT2D eigenvalue weighted by Gasteiger charge is 2.29. The summed E-state index contributed by atoms with van der Waals surface area (Å²) in [7, 11) is -3.80. The van der Waals surface area contributed by atoms with Crippen LogP contribution in [-0.2, 0) is 14.8 Å². The lowest BCUT2D eigenvalue weighted by Crippen LogP contribution is -2.49. The van der Waals surface area contributed by atoms with E-state index >= 15 is 0 Å². The normalized spacial score (nSPS) is 15.7. The van der Waals surface area contributed by atoms with Crippen molar-refractivity contribution in [3.63, 3.8) is 0 Å². The number of rotatable bonds is 7. The number of hydrogen-bond donors (Lipinski definition) is 1. The molecular weight excluding hydrogens is 342 g/mol. The van der Waals surface area contributed by atoms with Crippen LogP contribution in [-0.4, -0.2) is 62.2 Å². The maximum Gasteiger partial charge on any atom is 0.253 e. The van der Waals surface area contributed by atoms with Crippen molar-refractivity contribution in [1.82, 2.24) is 14.5 Å². The Hall–Kier alpha value is -1.93. The van der Waals surface area contributed by atoms with E-state index in [1.54, 1.807) is 17.0 Å². The number of benzene rings is 1. The van der Waals surface area contributed by atoms with Crippen LogP contribution in [0.5, 0.6) is 0 Å². The fraction of sp³-hybridized carbons (Fsp3) is 0.529. The fourth-order valence-corrected chi connectivity index (χ4v) is 4.24. The van der Waals surface area contributed by atoms with Crippen LogP contribution < -0.4 is 5.32 Å². The number of nitrogens with one attached hydrogen (secondary N) is 1. The van der Waals surface area contributed by atoms with E-state index in [9.17, 15) is 18.0 Å². The number of carbonyl (C=O) groups is 2. The number of piperazine rings is 1. The van der Waals surface area contributed by atoms with Gasteiger partial charge in [-0.2, -0.15) is 4.31 Å². The first kappa shape index (κ1) is 19.4. The molecule has 1 heterocycles.